The van der Waals surface area contributed by atoms with Crippen LogP contribution in [0.1, 0.15) is 5.56 Å². The topological polar surface area (TPSA) is 27.6 Å². The van der Waals surface area contributed by atoms with E-state index in [1.165, 1.54) is 5.56 Å². The van der Waals surface area contributed by atoms with Crippen LogP contribution in [0.4, 0.5) is 0 Å². The predicted molar refractivity (Wildman–Crippen MR) is 68.1 cm³/mol. The maximum Gasteiger partial charge on any atom is 0.193 e. The summed E-state index contributed by atoms with van der Waals surface area (Å²) in [4.78, 5) is 6.51. The number of aliphatic imine (C=N–C) groups is 1. The lowest BCUT2D eigenvalue weighted by Crippen LogP contribution is -2.36. The molecule has 1 heterocycles. The van der Waals surface area contributed by atoms with Crippen LogP contribution in [-0.2, 0) is 6.42 Å². The first kappa shape index (κ1) is 11.3. The van der Waals surface area contributed by atoms with Crippen LogP contribution < -0.4 is 5.32 Å². The molecule has 1 aliphatic heterocycles. The third-order valence-corrected chi connectivity index (χ3v) is 2.92. The van der Waals surface area contributed by atoms with Gasteiger partial charge in [0.15, 0.2) is 5.96 Å². The van der Waals surface area contributed by atoms with Gasteiger partial charge in [-0.05, 0) is 24.1 Å². The molecule has 1 aromatic carbocycles. The molecule has 0 saturated heterocycles. The molecular weight excluding hydrogens is 222 g/mol. The monoisotopic (exact) mass is 237 g/mol. The second-order valence-electron chi connectivity index (χ2n) is 3.93. The molecule has 2 rings (SSSR count). The molecule has 86 valence electrons. The van der Waals surface area contributed by atoms with Gasteiger partial charge in [-0.25, -0.2) is 0 Å². The van der Waals surface area contributed by atoms with Gasteiger partial charge in [-0.15, -0.1) is 0 Å². The Kier molecular flexibility index (Phi) is 3.67. The normalized spacial score (nSPS) is 15.1. The molecule has 0 fully saturated rings. The molecule has 4 heteroatoms. The second kappa shape index (κ2) is 5.21. The highest BCUT2D eigenvalue weighted by molar-refractivity contribution is 6.30. The molecule has 0 unspecified atom stereocenters. The Labute approximate surface area is 101 Å². The van der Waals surface area contributed by atoms with Gasteiger partial charge < -0.3 is 10.2 Å². The van der Waals surface area contributed by atoms with Crippen LogP contribution in [0.5, 0.6) is 0 Å². The molecular formula is C12H16ClN3. The minimum atomic E-state index is 0.789. The third-order valence-electron chi connectivity index (χ3n) is 2.67. The number of halogens is 1. The van der Waals surface area contributed by atoms with Crippen molar-refractivity contribution in [1.29, 1.82) is 0 Å². The van der Waals surface area contributed by atoms with Gasteiger partial charge in [0.25, 0.3) is 0 Å². The molecule has 0 radical (unpaired) electrons. The third kappa shape index (κ3) is 2.89. The van der Waals surface area contributed by atoms with Crippen molar-refractivity contribution < 1.29 is 0 Å². The summed E-state index contributed by atoms with van der Waals surface area (Å²) in [6, 6.07) is 7.97. The summed E-state index contributed by atoms with van der Waals surface area (Å²) < 4.78 is 0. The quantitative estimate of drug-likeness (QED) is 0.868. The predicted octanol–water partition coefficient (Wildman–Crippen LogP) is 1.77. The number of rotatable bonds is 3. The van der Waals surface area contributed by atoms with Crippen LogP contribution in [0.15, 0.2) is 29.3 Å². The zero-order valence-electron chi connectivity index (χ0n) is 9.41. The highest BCUT2D eigenvalue weighted by atomic mass is 35.5. The van der Waals surface area contributed by atoms with Gasteiger partial charge in [0, 0.05) is 25.2 Å². The number of hydrogen-bond donors (Lipinski definition) is 1. The van der Waals surface area contributed by atoms with Crippen molar-refractivity contribution in [1.82, 2.24) is 10.2 Å². The number of nitrogens with one attached hydrogen (secondary N) is 1. The average Bonchev–Trinajstić information content (AvgIpc) is 2.68. The molecule has 1 aliphatic rings. The van der Waals surface area contributed by atoms with E-state index in [-0.39, 0.29) is 0 Å². The highest BCUT2D eigenvalue weighted by Gasteiger charge is 2.10. The van der Waals surface area contributed by atoms with Crippen LogP contribution in [0.2, 0.25) is 5.02 Å². The fourth-order valence-electron chi connectivity index (χ4n) is 1.69. The lowest BCUT2D eigenvalue weighted by atomic mass is 10.1. The van der Waals surface area contributed by atoms with Gasteiger partial charge in [0.05, 0.1) is 6.54 Å². The Morgan fingerprint density at radius 3 is 2.75 bits per heavy atom. The first-order chi connectivity index (χ1) is 7.75. The largest absolute Gasteiger partial charge is 0.356 e. The lowest BCUT2D eigenvalue weighted by Gasteiger charge is -2.15. The van der Waals surface area contributed by atoms with E-state index in [0.29, 0.717) is 0 Å². The lowest BCUT2D eigenvalue weighted by molar-refractivity contribution is 0.534. The van der Waals surface area contributed by atoms with Crippen molar-refractivity contribution in [2.45, 2.75) is 6.42 Å². The van der Waals surface area contributed by atoms with E-state index in [1.54, 1.807) is 0 Å². The Balaban J connectivity index is 1.78. The van der Waals surface area contributed by atoms with E-state index in [1.807, 2.05) is 12.1 Å². The van der Waals surface area contributed by atoms with Crippen molar-refractivity contribution in [3.8, 4) is 0 Å². The number of nitrogens with zero attached hydrogens (tertiary/aromatic N) is 2. The number of likely N-dealkylation sites (N-methyl/N-ethyl adjacent to an activating group) is 1. The van der Waals surface area contributed by atoms with Crippen LogP contribution in [0.3, 0.4) is 0 Å². The van der Waals surface area contributed by atoms with Crippen LogP contribution in [-0.4, -0.2) is 37.5 Å². The molecule has 0 atom stereocenters. The van der Waals surface area contributed by atoms with E-state index in [4.69, 9.17) is 11.6 Å². The molecule has 0 saturated carbocycles. The van der Waals surface area contributed by atoms with E-state index >= 15 is 0 Å². The summed E-state index contributed by atoms with van der Waals surface area (Å²) in [5.74, 6) is 1.01. The Bertz CT molecular complexity index is 372. The van der Waals surface area contributed by atoms with E-state index in [9.17, 15) is 0 Å². The summed E-state index contributed by atoms with van der Waals surface area (Å²) in [5, 5.41) is 4.13. The van der Waals surface area contributed by atoms with Gasteiger partial charge in [0.2, 0.25) is 0 Å². The Morgan fingerprint density at radius 2 is 2.12 bits per heavy atom. The maximum absolute atomic E-state index is 5.83. The SMILES string of the molecule is CN1CCN=C1NCCc1ccc(Cl)cc1. The fraction of sp³-hybridized carbons (Fsp3) is 0.417. The van der Waals surface area contributed by atoms with Crippen LogP contribution in [0.25, 0.3) is 0 Å². The summed E-state index contributed by atoms with van der Waals surface area (Å²) in [6.45, 7) is 2.83. The van der Waals surface area contributed by atoms with E-state index in [2.05, 4.69) is 34.4 Å². The zero-order valence-corrected chi connectivity index (χ0v) is 10.2. The summed E-state index contributed by atoms with van der Waals surface area (Å²) >= 11 is 5.83. The van der Waals surface area contributed by atoms with E-state index in [0.717, 1.165) is 37.0 Å². The Morgan fingerprint density at radius 1 is 1.38 bits per heavy atom. The zero-order chi connectivity index (χ0) is 11.4. The number of hydrogen-bond acceptors (Lipinski definition) is 3. The molecule has 0 aliphatic carbocycles. The first-order valence-electron chi connectivity index (χ1n) is 5.49. The molecule has 0 amide bonds. The molecule has 0 bridgehead atoms. The maximum atomic E-state index is 5.83. The molecule has 1 aromatic rings. The van der Waals surface area contributed by atoms with Crippen LogP contribution >= 0.6 is 11.6 Å². The standard InChI is InChI=1S/C12H16ClN3/c1-16-9-8-15-12(16)14-7-6-10-2-4-11(13)5-3-10/h2-5H,6-9H2,1H3,(H,14,15). The molecule has 1 N–H and O–H groups in total. The van der Waals surface area contributed by atoms with Gasteiger partial charge in [-0.3, -0.25) is 4.99 Å². The minimum absolute atomic E-state index is 0.789. The second-order valence-corrected chi connectivity index (χ2v) is 4.37. The van der Waals surface area contributed by atoms with Crippen molar-refractivity contribution in [2.75, 3.05) is 26.7 Å². The van der Waals surface area contributed by atoms with Crippen molar-refractivity contribution in [2.24, 2.45) is 4.99 Å². The number of guanidine groups is 1. The van der Waals surface area contributed by atoms with Crippen molar-refractivity contribution in [3.63, 3.8) is 0 Å². The smallest absolute Gasteiger partial charge is 0.193 e. The molecule has 0 spiro atoms. The van der Waals surface area contributed by atoms with Crippen LogP contribution in [0, 0.1) is 0 Å². The minimum Gasteiger partial charge on any atom is -0.356 e. The average molecular weight is 238 g/mol. The molecule has 0 aromatic heterocycles. The number of benzene rings is 1. The summed E-state index contributed by atoms with van der Waals surface area (Å²) in [5.41, 5.74) is 1.29. The van der Waals surface area contributed by atoms with E-state index < -0.39 is 0 Å². The van der Waals surface area contributed by atoms with Gasteiger partial charge >= 0.3 is 0 Å². The van der Waals surface area contributed by atoms with Crippen molar-refractivity contribution in [3.05, 3.63) is 34.9 Å². The Hall–Kier alpha value is -1.22. The first-order valence-corrected chi connectivity index (χ1v) is 5.87. The summed E-state index contributed by atoms with van der Waals surface area (Å²) in [6.07, 6.45) is 0.990. The van der Waals surface area contributed by atoms with Gasteiger partial charge in [-0.2, -0.15) is 0 Å². The van der Waals surface area contributed by atoms with Gasteiger partial charge in [0.1, 0.15) is 0 Å². The fourth-order valence-corrected chi connectivity index (χ4v) is 1.82. The van der Waals surface area contributed by atoms with Crippen molar-refractivity contribution >= 4 is 17.6 Å². The molecule has 3 nitrogen and oxygen atoms in total. The summed E-state index contributed by atoms with van der Waals surface area (Å²) in [7, 11) is 2.06. The molecule has 16 heavy (non-hydrogen) atoms. The van der Waals surface area contributed by atoms with Gasteiger partial charge in [-0.1, -0.05) is 23.7 Å². The highest BCUT2D eigenvalue weighted by Crippen LogP contribution is 2.09.